The van der Waals surface area contributed by atoms with Gasteiger partial charge in [0.1, 0.15) is 11.6 Å². The lowest BCUT2D eigenvalue weighted by Crippen LogP contribution is -2.27. The topological polar surface area (TPSA) is 38.3 Å². The molecule has 27 heavy (non-hydrogen) atoms. The second-order valence-corrected chi connectivity index (χ2v) is 7.52. The van der Waals surface area contributed by atoms with E-state index >= 15 is 0 Å². The first-order chi connectivity index (χ1) is 12.6. The van der Waals surface area contributed by atoms with E-state index in [1.54, 1.807) is 13.0 Å². The first-order valence-corrected chi connectivity index (χ1v) is 8.99. The molecule has 1 saturated carbocycles. The molecule has 9 heteroatoms. The van der Waals surface area contributed by atoms with E-state index in [0.29, 0.717) is 16.9 Å². The van der Waals surface area contributed by atoms with Crippen molar-refractivity contribution in [1.82, 2.24) is 5.32 Å². The van der Waals surface area contributed by atoms with Crippen LogP contribution < -0.4 is 10.1 Å². The molecule has 3 nitrogen and oxygen atoms in total. The summed E-state index contributed by atoms with van der Waals surface area (Å²) in [6, 6.07) is 5.80. The van der Waals surface area contributed by atoms with Gasteiger partial charge in [-0.15, -0.1) is 11.3 Å². The Bertz CT molecular complexity index is 815. The minimum absolute atomic E-state index is 0.114. The van der Waals surface area contributed by atoms with Crippen LogP contribution in [0.25, 0.3) is 0 Å². The zero-order chi connectivity index (χ0) is 19.8. The number of benzene rings is 1. The van der Waals surface area contributed by atoms with Crippen LogP contribution in [0.3, 0.4) is 0 Å². The van der Waals surface area contributed by atoms with Gasteiger partial charge in [0.15, 0.2) is 11.7 Å². The fourth-order valence-electron chi connectivity index (χ4n) is 2.83. The molecule has 1 heterocycles. The van der Waals surface area contributed by atoms with Gasteiger partial charge in [0.05, 0.1) is 6.04 Å². The van der Waals surface area contributed by atoms with Crippen molar-refractivity contribution in [2.75, 3.05) is 6.61 Å². The number of hydrogen-bond acceptors (Lipinski definition) is 3. The summed E-state index contributed by atoms with van der Waals surface area (Å²) >= 11 is 1.02. The Morgan fingerprint density at radius 2 is 1.93 bits per heavy atom. The molecule has 3 unspecified atom stereocenters. The summed E-state index contributed by atoms with van der Waals surface area (Å²) in [5.74, 6) is -2.25. The quantitative estimate of drug-likeness (QED) is 0.691. The maximum Gasteiger partial charge on any atom is 0.422 e. The van der Waals surface area contributed by atoms with Crippen molar-refractivity contribution < 1.29 is 31.5 Å². The van der Waals surface area contributed by atoms with Crippen molar-refractivity contribution in [2.45, 2.75) is 31.5 Å². The summed E-state index contributed by atoms with van der Waals surface area (Å²) in [6.07, 6.45) is -3.92. The molecule has 1 aromatic carbocycles. The Labute approximate surface area is 156 Å². The number of carbonyl (C=O) groups excluding carboxylic acids is 1. The van der Waals surface area contributed by atoms with Crippen molar-refractivity contribution in [3.63, 3.8) is 0 Å². The Morgan fingerprint density at radius 1 is 1.26 bits per heavy atom. The summed E-state index contributed by atoms with van der Waals surface area (Å²) in [5, 5.41) is 2.89. The van der Waals surface area contributed by atoms with Crippen LogP contribution in [0.1, 0.15) is 35.7 Å². The van der Waals surface area contributed by atoms with Crippen LogP contribution in [0, 0.1) is 17.6 Å². The number of ether oxygens (including phenoxy) is 1. The van der Waals surface area contributed by atoms with Gasteiger partial charge in [0.2, 0.25) is 5.91 Å². The van der Waals surface area contributed by atoms with E-state index in [1.165, 1.54) is 18.2 Å². The molecule has 0 bridgehead atoms. The highest BCUT2D eigenvalue weighted by Gasteiger charge is 2.44. The molecular formula is C18H16F5NO2S. The molecule has 3 rings (SSSR count). The molecule has 1 aromatic heterocycles. The van der Waals surface area contributed by atoms with Crippen LogP contribution in [0.2, 0.25) is 0 Å². The lowest BCUT2D eigenvalue weighted by molar-refractivity contribution is -0.152. The van der Waals surface area contributed by atoms with E-state index in [-0.39, 0.29) is 22.8 Å². The largest absolute Gasteiger partial charge is 0.475 e. The highest BCUT2D eigenvalue weighted by Crippen LogP contribution is 2.48. The number of alkyl halides is 3. The number of rotatable bonds is 6. The molecule has 0 radical (unpaired) electrons. The summed E-state index contributed by atoms with van der Waals surface area (Å²) in [6.45, 7) is 0.332. The van der Waals surface area contributed by atoms with E-state index in [2.05, 4.69) is 10.1 Å². The van der Waals surface area contributed by atoms with Gasteiger partial charge in [-0.05, 0) is 49.1 Å². The smallest absolute Gasteiger partial charge is 0.422 e. The minimum atomic E-state index is -4.42. The van der Waals surface area contributed by atoms with Crippen molar-refractivity contribution in [2.24, 2.45) is 5.92 Å². The predicted molar refractivity (Wildman–Crippen MR) is 89.6 cm³/mol. The number of hydrogen-bond donors (Lipinski definition) is 1. The summed E-state index contributed by atoms with van der Waals surface area (Å²) in [4.78, 5) is 13.0. The Balaban J connectivity index is 1.55. The Hall–Kier alpha value is -2.16. The van der Waals surface area contributed by atoms with Crippen LogP contribution >= 0.6 is 11.3 Å². The second kappa shape index (κ2) is 7.46. The van der Waals surface area contributed by atoms with Gasteiger partial charge >= 0.3 is 6.18 Å². The van der Waals surface area contributed by atoms with E-state index in [9.17, 15) is 26.7 Å². The molecule has 146 valence electrons. The van der Waals surface area contributed by atoms with Crippen LogP contribution in [-0.4, -0.2) is 18.7 Å². The molecule has 2 aromatic rings. The summed E-state index contributed by atoms with van der Waals surface area (Å²) < 4.78 is 67.8. The average molecular weight is 405 g/mol. The van der Waals surface area contributed by atoms with Crippen LogP contribution in [0.4, 0.5) is 22.0 Å². The number of thiophene rings is 1. The van der Waals surface area contributed by atoms with Crippen molar-refractivity contribution in [1.29, 1.82) is 0 Å². The van der Waals surface area contributed by atoms with Crippen LogP contribution in [-0.2, 0) is 4.79 Å². The molecule has 1 aliphatic carbocycles. The normalized spacial score (nSPS) is 20.2. The van der Waals surface area contributed by atoms with E-state index < -0.39 is 30.5 Å². The zero-order valence-corrected chi connectivity index (χ0v) is 15.0. The average Bonchev–Trinajstić information content (AvgIpc) is 3.21. The lowest BCUT2D eigenvalue weighted by Gasteiger charge is -2.12. The maximum atomic E-state index is 13.3. The van der Waals surface area contributed by atoms with Gasteiger partial charge < -0.3 is 10.1 Å². The highest BCUT2D eigenvalue weighted by atomic mass is 32.1. The summed E-state index contributed by atoms with van der Waals surface area (Å²) in [7, 11) is 0. The third kappa shape index (κ3) is 5.18. The molecular weight excluding hydrogens is 389 g/mol. The van der Waals surface area contributed by atoms with E-state index in [4.69, 9.17) is 0 Å². The molecule has 0 saturated heterocycles. The first kappa shape index (κ1) is 19.6. The number of carbonyl (C=O) groups is 1. The minimum Gasteiger partial charge on any atom is -0.475 e. The van der Waals surface area contributed by atoms with Crippen molar-refractivity contribution in [3.8, 4) is 5.06 Å². The lowest BCUT2D eigenvalue weighted by atomic mass is 10.1. The van der Waals surface area contributed by atoms with Crippen molar-refractivity contribution in [3.05, 3.63) is 52.4 Å². The molecule has 1 fully saturated rings. The zero-order valence-electron chi connectivity index (χ0n) is 14.1. The van der Waals surface area contributed by atoms with Crippen molar-refractivity contribution >= 4 is 17.2 Å². The number of halogens is 5. The van der Waals surface area contributed by atoms with E-state index in [0.717, 1.165) is 17.4 Å². The second-order valence-electron chi connectivity index (χ2n) is 6.44. The van der Waals surface area contributed by atoms with E-state index in [1.807, 2.05) is 0 Å². The fourth-order valence-corrected chi connectivity index (χ4v) is 3.69. The maximum absolute atomic E-state index is 13.3. The molecule has 1 amide bonds. The van der Waals surface area contributed by atoms with Gasteiger partial charge in [-0.3, -0.25) is 4.79 Å². The fraction of sp³-hybridized carbons (Fsp3) is 0.389. The van der Waals surface area contributed by atoms with Gasteiger partial charge in [-0.2, -0.15) is 13.2 Å². The number of nitrogens with one attached hydrogen (secondary N) is 1. The molecule has 1 aliphatic rings. The molecule has 1 N–H and O–H groups in total. The third-order valence-electron chi connectivity index (χ3n) is 4.21. The standard InChI is InChI=1S/C18H16F5NO2S/c1-9(15-2-3-16(27-15)26-8-18(21,22)23)24-17(25)14-7-13(14)10-4-11(19)6-12(20)5-10/h2-6,9,13-14H,7-8H2,1H3,(H,24,25). The third-order valence-corrected chi connectivity index (χ3v) is 5.39. The van der Waals surface area contributed by atoms with Crippen LogP contribution in [0.15, 0.2) is 30.3 Å². The van der Waals surface area contributed by atoms with Gasteiger partial charge in [-0.25, -0.2) is 8.78 Å². The highest BCUT2D eigenvalue weighted by molar-refractivity contribution is 7.13. The molecule has 3 atom stereocenters. The monoisotopic (exact) mass is 405 g/mol. The molecule has 0 aliphatic heterocycles. The SMILES string of the molecule is CC(NC(=O)C1CC1c1cc(F)cc(F)c1)c1ccc(OCC(F)(F)F)s1. The van der Waals surface area contributed by atoms with Gasteiger partial charge in [-0.1, -0.05) is 0 Å². The Morgan fingerprint density at radius 3 is 2.56 bits per heavy atom. The van der Waals surface area contributed by atoms with Crippen LogP contribution in [0.5, 0.6) is 5.06 Å². The van der Waals surface area contributed by atoms with Gasteiger partial charge in [0, 0.05) is 16.9 Å². The predicted octanol–water partition coefficient (Wildman–Crippen LogP) is 4.95. The number of amides is 1. The first-order valence-electron chi connectivity index (χ1n) is 8.18. The molecule has 0 spiro atoms. The summed E-state index contributed by atoms with van der Waals surface area (Å²) in [5.41, 5.74) is 0.444. The van der Waals surface area contributed by atoms with Gasteiger partial charge in [0.25, 0.3) is 0 Å². The Kier molecular flexibility index (Phi) is 5.41.